The number of fused-ring (bicyclic) bond motifs is 3. The van der Waals surface area contributed by atoms with E-state index >= 15 is 0 Å². The average Bonchev–Trinajstić information content (AvgIpc) is 3.43. The number of aliphatic carboxylic acids is 1. The molecule has 0 radical (unpaired) electrons. The van der Waals surface area contributed by atoms with E-state index in [1.165, 1.54) is 11.1 Å². The van der Waals surface area contributed by atoms with Crippen LogP contribution in [0.25, 0.3) is 11.1 Å². The minimum atomic E-state index is -1.03. The number of carbonyl (C=O) groups excluding carboxylic acids is 2. The Kier molecular flexibility index (Phi) is 6.70. The normalized spacial score (nSPS) is 21.2. The SMILES string of the molecule is O=C(O)COC1CN(C(=O)C2OCCC2CNC(=O)OCC2c3ccccc3-c3ccccc32)C1. The smallest absolute Gasteiger partial charge is 0.407 e. The minimum absolute atomic E-state index is 0.0139. The van der Waals surface area contributed by atoms with Gasteiger partial charge in [0.25, 0.3) is 5.91 Å². The van der Waals surface area contributed by atoms with E-state index in [-0.39, 0.29) is 43.6 Å². The van der Waals surface area contributed by atoms with Crippen LogP contribution in [0.3, 0.4) is 0 Å². The fourth-order valence-corrected chi connectivity index (χ4v) is 5.07. The number of benzene rings is 2. The summed E-state index contributed by atoms with van der Waals surface area (Å²) in [6.45, 7) is 1.27. The molecule has 184 valence electrons. The molecule has 2 amide bonds. The van der Waals surface area contributed by atoms with Crippen LogP contribution in [0.5, 0.6) is 0 Å². The van der Waals surface area contributed by atoms with E-state index in [0.717, 1.165) is 11.1 Å². The van der Waals surface area contributed by atoms with Gasteiger partial charge >= 0.3 is 12.1 Å². The van der Waals surface area contributed by atoms with Crippen molar-refractivity contribution in [3.8, 4) is 11.1 Å². The van der Waals surface area contributed by atoms with Gasteiger partial charge in [0.1, 0.15) is 19.3 Å². The van der Waals surface area contributed by atoms with E-state index in [0.29, 0.717) is 26.1 Å². The molecule has 0 aromatic heterocycles. The summed E-state index contributed by atoms with van der Waals surface area (Å²) in [6, 6.07) is 16.3. The van der Waals surface area contributed by atoms with Crippen LogP contribution in [0.1, 0.15) is 23.5 Å². The van der Waals surface area contributed by atoms with Gasteiger partial charge in [-0.15, -0.1) is 0 Å². The van der Waals surface area contributed by atoms with Crippen molar-refractivity contribution in [2.75, 3.05) is 39.5 Å². The van der Waals surface area contributed by atoms with E-state index in [9.17, 15) is 14.4 Å². The quantitative estimate of drug-likeness (QED) is 0.596. The van der Waals surface area contributed by atoms with Crippen molar-refractivity contribution in [1.29, 1.82) is 0 Å². The first-order chi connectivity index (χ1) is 17.0. The Morgan fingerprint density at radius 3 is 2.34 bits per heavy atom. The van der Waals surface area contributed by atoms with Crippen LogP contribution in [0.4, 0.5) is 4.79 Å². The molecule has 2 N–H and O–H groups in total. The number of alkyl carbamates (subject to hydrolysis) is 1. The largest absolute Gasteiger partial charge is 0.480 e. The van der Waals surface area contributed by atoms with Crippen LogP contribution in [-0.2, 0) is 23.8 Å². The van der Waals surface area contributed by atoms with Crippen molar-refractivity contribution in [2.24, 2.45) is 5.92 Å². The van der Waals surface area contributed by atoms with E-state index in [1.807, 2.05) is 24.3 Å². The lowest BCUT2D eigenvalue weighted by Crippen LogP contribution is -2.58. The number of hydrogen-bond acceptors (Lipinski definition) is 6. The molecule has 0 saturated carbocycles. The van der Waals surface area contributed by atoms with E-state index in [4.69, 9.17) is 19.3 Å². The molecule has 2 aromatic carbocycles. The Balaban J connectivity index is 1.10. The lowest BCUT2D eigenvalue weighted by Gasteiger charge is -2.40. The van der Waals surface area contributed by atoms with Crippen LogP contribution in [-0.4, -0.2) is 79.6 Å². The molecule has 2 aromatic rings. The molecule has 2 saturated heterocycles. The summed E-state index contributed by atoms with van der Waals surface area (Å²) in [5, 5.41) is 11.5. The topological polar surface area (TPSA) is 114 Å². The maximum Gasteiger partial charge on any atom is 0.407 e. The van der Waals surface area contributed by atoms with Gasteiger partial charge in [-0.3, -0.25) is 4.79 Å². The number of amides is 2. The van der Waals surface area contributed by atoms with Crippen LogP contribution >= 0.6 is 0 Å². The summed E-state index contributed by atoms with van der Waals surface area (Å²) in [7, 11) is 0. The summed E-state index contributed by atoms with van der Waals surface area (Å²) < 4.78 is 16.4. The molecule has 3 aliphatic rings. The molecule has 1 aliphatic carbocycles. The van der Waals surface area contributed by atoms with Crippen molar-refractivity contribution in [2.45, 2.75) is 24.5 Å². The number of likely N-dealkylation sites (tertiary alicyclic amines) is 1. The first kappa shape index (κ1) is 23.3. The monoisotopic (exact) mass is 480 g/mol. The number of nitrogens with zero attached hydrogens (tertiary/aromatic N) is 1. The maximum absolute atomic E-state index is 12.8. The van der Waals surface area contributed by atoms with Gasteiger partial charge < -0.3 is 29.5 Å². The molecule has 2 unspecified atom stereocenters. The highest BCUT2D eigenvalue weighted by Gasteiger charge is 2.41. The van der Waals surface area contributed by atoms with Crippen molar-refractivity contribution in [3.63, 3.8) is 0 Å². The summed E-state index contributed by atoms with van der Waals surface area (Å²) in [6.07, 6.45) is -0.762. The highest BCUT2D eigenvalue weighted by Crippen LogP contribution is 2.44. The van der Waals surface area contributed by atoms with Gasteiger partial charge in [0, 0.05) is 38.1 Å². The second-order valence-electron chi connectivity index (χ2n) is 9.12. The van der Waals surface area contributed by atoms with Crippen molar-refractivity contribution >= 4 is 18.0 Å². The number of carbonyl (C=O) groups is 3. The molecule has 2 atom stereocenters. The third-order valence-corrected chi connectivity index (χ3v) is 6.91. The third kappa shape index (κ3) is 4.87. The van der Waals surface area contributed by atoms with Gasteiger partial charge in [-0.2, -0.15) is 0 Å². The van der Waals surface area contributed by atoms with E-state index < -0.39 is 18.2 Å². The van der Waals surface area contributed by atoms with Gasteiger partial charge in [-0.25, -0.2) is 9.59 Å². The second kappa shape index (κ2) is 10.1. The number of hydrogen-bond donors (Lipinski definition) is 2. The number of carboxylic acids is 1. The molecule has 0 spiro atoms. The fourth-order valence-electron chi connectivity index (χ4n) is 5.07. The fraction of sp³-hybridized carbons (Fsp3) is 0.423. The molecular weight excluding hydrogens is 452 g/mol. The zero-order valence-electron chi connectivity index (χ0n) is 19.2. The Labute approximate surface area is 203 Å². The first-order valence-corrected chi connectivity index (χ1v) is 11.8. The number of nitrogens with one attached hydrogen (secondary N) is 1. The zero-order valence-corrected chi connectivity index (χ0v) is 19.2. The Hall–Kier alpha value is -3.43. The van der Waals surface area contributed by atoms with Gasteiger partial charge in [0.15, 0.2) is 0 Å². The van der Waals surface area contributed by atoms with Crippen LogP contribution in [0.15, 0.2) is 48.5 Å². The predicted octanol–water partition coefficient (Wildman–Crippen LogP) is 2.24. The average molecular weight is 481 g/mol. The van der Waals surface area contributed by atoms with E-state index in [1.54, 1.807) is 4.90 Å². The minimum Gasteiger partial charge on any atom is -0.480 e. The van der Waals surface area contributed by atoms with Crippen LogP contribution in [0.2, 0.25) is 0 Å². The predicted molar refractivity (Wildman–Crippen MR) is 125 cm³/mol. The molecule has 2 heterocycles. The Bertz CT molecular complexity index is 1070. The molecule has 0 bridgehead atoms. The van der Waals surface area contributed by atoms with Crippen molar-refractivity contribution in [3.05, 3.63) is 59.7 Å². The molecule has 35 heavy (non-hydrogen) atoms. The third-order valence-electron chi connectivity index (χ3n) is 6.91. The summed E-state index contributed by atoms with van der Waals surface area (Å²) in [5.41, 5.74) is 4.64. The Morgan fingerprint density at radius 2 is 1.69 bits per heavy atom. The lowest BCUT2D eigenvalue weighted by molar-refractivity contribution is -0.160. The highest BCUT2D eigenvalue weighted by atomic mass is 16.5. The van der Waals surface area contributed by atoms with Crippen LogP contribution in [0, 0.1) is 5.92 Å². The molecule has 9 heteroatoms. The standard InChI is InChI=1S/C26H28N2O7/c29-23(30)15-34-17-12-28(13-17)25(31)24-16(9-10-33-24)11-27-26(32)35-14-22-20-7-3-1-5-18(20)19-6-2-4-8-21(19)22/h1-8,16-17,22,24H,9-15H2,(H,27,32)(H,29,30). The second-order valence-corrected chi connectivity index (χ2v) is 9.12. The van der Waals surface area contributed by atoms with E-state index in [2.05, 4.69) is 29.6 Å². The molecular formula is C26H28N2O7. The summed E-state index contributed by atoms with van der Waals surface area (Å²) in [5.74, 6) is -1.35. The van der Waals surface area contributed by atoms with Gasteiger partial charge in [-0.05, 0) is 28.7 Å². The zero-order chi connectivity index (χ0) is 24.4. The summed E-state index contributed by atoms with van der Waals surface area (Å²) >= 11 is 0. The number of carboxylic acid groups (broad SMARTS) is 1. The highest BCUT2D eigenvalue weighted by molar-refractivity contribution is 5.82. The molecule has 2 fully saturated rings. The molecule has 5 rings (SSSR count). The summed E-state index contributed by atoms with van der Waals surface area (Å²) in [4.78, 5) is 37.5. The van der Waals surface area contributed by atoms with Crippen molar-refractivity contribution in [1.82, 2.24) is 10.2 Å². The Morgan fingerprint density at radius 1 is 1.03 bits per heavy atom. The van der Waals surface area contributed by atoms with Crippen LogP contribution < -0.4 is 5.32 Å². The number of rotatable bonds is 8. The van der Waals surface area contributed by atoms with Gasteiger partial charge in [-0.1, -0.05) is 48.5 Å². The number of ether oxygens (including phenoxy) is 3. The van der Waals surface area contributed by atoms with Gasteiger partial charge in [0.2, 0.25) is 0 Å². The lowest BCUT2D eigenvalue weighted by atomic mass is 9.98. The molecule has 9 nitrogen and oxygen atoms in total. The first-order valence-electron chi connectivity index (χ1n) is 11.8. The van der Waals surface area contributed by atoms with Gasteiger partial charge in [0.05, 0.1) is 6.10 Å². The molecule has 2 aliphatic heterocycles. The maximum atomic E-state index is 12.8. The van der Waals surface area contributed by atoms with Crippen molar-refractivity contribution < 1.29 is 33.7 Å².